The van der Waals surface area contributed by atoms with E-state index in [0.29, 0.717) is 12.8 Å². The molecule has 1 saturated carbocycles. The zero-order valence-corrected chi connectivity index (χ0v) is 12.0. The first-order valence-corrected chi connectivity index (χ1v) is 7.10. The first-order valence-electron chi connectivity index (χ1n) is 7.10. The summed E-state index contributed by atoms with van der Waals surface area (Å²) in [5, 5.41) is 26.2. The lowest BCUT2D eigenvalue weighted by Gasteiger charge is -2.28. The average Bonchev–Trinajstić information content (AvgIpc) is 3.05. The number of hydrogen-bond acceptors (Lipinski definition) is 5. The molecule has 1 aromatic rings. The van der Waals surface area contributed by atoms with Crippen LogP contribution in [0, 0.1) is 10.1 Å². The summed E-state index contributed by atoms with van der Waals surface area (Å²) in [6.45, 7) is 0.211. The van der Waals surface area contributed by atoms with Gasteiger partial charge in [0.2, 0.25) is 5.91 Å². The molecule has 0 atom stereocenters. The summed E-state index contributed by atoms with van der Waals surface area (Å²) < 4.78 is 1.33. The zero-order valence-electron chi connectivity index (χ0n) is 12.0. The minimum absolute atomic E-state index is 0.0774. The monoisotopic (exact) mass is 310 g/mol. The number of rotatable bonds is 7. The molecule has 1 aliphatic rings. The van der Waals surface area contributed by atoms with Gasteiger partial charge in [-0.05, 0) is 12.8 Å². The number of nitrogens with zero attached hydrogens (tertiary/aromatic N) is 3. The number of hydrogen-bond donors (Lipinski definition) is 2. The Morgan fingerprint density at radius 1 is 1.45 bits per heavy atom. The Labute approximate surface area is 126 Å². The summed E-state index contributed by atoms with van der Waals surface area (Å²) in [5.41, 5.74) is -0.780. The highest BCUT2D eigenvalue weighted by atomic mass is 16.6. The van der Waals surface area contributed by atoms with Crippen LogP contribution in [0.4, 0.5) is 5.69 Å². The number of carbonyl (C=O) groups excluding carboxylic acids is 1. The van der Waals surface area contributed by atoms with Crippen molar-refractivity contribution in [2.24, 2.45) is 0 Å². The fourth-order valence-corrected chi connectivity index (χ4v) is 2.83. The SMILES string of the molecule is O=C(O)CC1(NC(=O)CCn2cc([N+](=O)[O-])cn2)CCCC1. The Morgan fingerprint density at radius 2 is 2.14 bits per heavy atom. The summed E-state index contributed by atoms with van der Waals surface area (Å²) in [7, 11) is 0. The van der Waals surface area contributed by atoms with E-state index in [0.717, 1.165) is 19.0 Å². The topological polar surface area (TPSA) is 127 Å². The van der Waals surface area contributed by atoms with Crippen LogP contribution in [0.1, 0.15) is 38.5 Å². The fraction of sp³-hybridized carbons (Fsp3) is 0.615. The number of aromatic nitrogens is 2. The van der Waals surface area contributed by atoms with Crippen LogP contribution in [0.3, 0.4) is 0 Å². The number of aliphatic carboxylic acids is 1. The molecule has 120 valence electrons. The van der Waals surface area contributed by atoms with E-state index in [-0.39, 0.29) is 31.0 Å². The lowest BCUT2D eigenvalue weighted by molar-refractivity contribution is -0.385. The Bertz CT molecular complexity index is 577. The number of amides is 1. The number of carbonyl (C=O) groups is 2. The third-order valence-corrected chi connectivity index (χ3v) is 3.85. The molecule has 9 heteroatoms. The Hall–Kier alpha value is -2.45. The third-order valence-electron chi connectivity index (χ3n) is 3.85. The van der Waals surface area contributed by atoms with Crippen molar-refractivity contribution in [3.05, 3.63) is 22.5 Å². The molecule has 1 aliphatic carbocycles. The number of carboxylic acid groups (broad SMARTS) is 1. The van der Waals surface area contributed by atoms with Gasteiger partial charge in [0.1, 0.15) is 12.4 Å². The van der Waals surface area contributed by atoms with E-state index >= 15 is 0 Å². The molecule has 0 aromatic carbocycles. The van der Waals surface area contributed by atoms with Crippen LogP contribution in [0.15, 0.2) is 12.4 Å². The number of nitro groups is 1. The molecule has 0 bridgehead atoms. The van der Waals surface area contributed by atoms with E-state index < -0.39 is 16.4 Å². The van der Waals surface area contributed by atoms with Crippen LogP contribution in [0.2, 0.25) is 0 Å². The minimum atomic E-state index is -0.926. The van der Waals surface area contributed by atoms with Crippen molar-refractivity contribution < 1.29 is 19.6 Å². The molecular weight excluding hydrogens is 292 g/mol. The van der Waals surface area contributed by atoms with Crippen LogP contribution in [-0.2, 0) is 16.1 Å². The van der Waals surface area contributed by atoms with Gasteiger partial charge in [-0.25, -0.2) is 0 Å². The summed E-state index contributed by atoms with van der Waals surface area (Å²) in [4.78, 5) is 33.0. The lowest BCUT2D eigenvalue weighted by Crippen LogP contribution is -2.48. The van der Waals surface area contributed by atoms with Crippen molar-refractivity contribution in [3.63, 3.8) is 0 Å². The smallest absolute Gasteiger partial charge is 0.306 e. The zero-order chi connectivity index (χ0) is 16.2. The molecule has 1 heterocycles. The van der Waals surface area contributed by atoms with E-state index in [1.54, 1.807) is 0 Å². The largest absolute Gasteiger partial charge is 0.481 e. The quantitative estimate of drug-likeness (QED) is 0.573. The predicted octanol–water partition coefficient (Wildman–Crippen LogP) is 1.09. The minimum Gasteiger partial charge on any atom is -0.481 e. The van der Waals surface area contributed by atoms with Crippen LogP contribution < -0.4 is 5.32 Å². The molecule has 0 saturated heterocycles. The van der Waals surface area contributed by atoms with Crippen LogP contribution in [0.25, 0.3) is 0 Å². The second-order valence-corrected chi connectivity index (χ2v) is 5.57. The standard InChI is InChI=1S/C13H18N4O5/c18-11(3-6-16-9-10(8-14-16)17(21)22)15-13(7-12(19)20)4-1-2-5-13/h8-9H,1-7H2,(H,15,18)(H,19,20). The molecule has 0 unspecified atom stereocenters. The molecule has 1 fully saturated rings. The van der Waals surface area contributed by atoms with Gasteiger partial charge < -0.3 is 10.4 Å². The van der Waals surface area contributed by atoms with E-state index in [9.17, 15) is 19.7 Å². The molecule has 1 aromatic heterocycles. The maximum Gasteiger partial charge on any atom is 0.306 e. The second kappa shape index (κ2) is 6.54. The summed E-state index contributed by atoms with van der Waals surface area (Å²) in [6, 6.07) is 0. The highest BCUT2D eigenvalue weighted by molar-refractivity contribution is 5.78. The van der Waals surface area contributed by atoms with Gasteiger partial charge in [-0.2, -0.15) is 5.10 Å². The first kappa shape index (κ1) is 15.9. The van der Waals surface area contributed by atoms with E-state index in [1.165, 1.54) is 10.9 Å². The molecule has 2 rings (SSSR count). The van der Waals surface area contributed by atoms with E-state index in [1.807, 2.05) is 0 Å². The first-order chi connectivity index (χ1) is 10.4. The molecular formula is C13H18N4O5. The van der Waals surface area contributed by atoms with Gasteiger partial charge >= 0.3 is 11.7 Å². The molecule has 1 amide bonds. The van der Waals surface area contributed by atoms with E-state index in [2.05, 4.69) is 10.4 Å². The van der Waals surface area contributed by atoms with Crippen molar-refractivity contribution in [2.75, 3.05) is 0 Å². The molecule has 22 heavy (non-hydrogen) atoms. The third kappa shape index (κ3) is 4.03. The Morgan fingerprint density at radius 3 is 2.68 bits per heavy atom. The van der Waals surface area contributed by atoms with Gasteiger partial charge in [-0.1, -0.05) is 12.8 Å². The van der Waals surface area contributed by atoms with Crippen molar-refractivity contribution in [3.8, 4) is 0 Å². The summed E-state index contributed by atoms with van der Waals surface area (Å²) >= 11 is 0. The highest BCUT2D eigenvalue weighted by Crippen LogP contribution is 2.32. The van der Waals surface area contributed by atoms with Crippen molar-refractivity contribution in [1.82, 2.24) is 15.1 Å². The Balaban J connectivity index is 1.88. The number of carboxylic acids is 1. The van der Waals surface area contributed by atoms with Crippen molar-refractivity contribution in [2.45, 2.75) is 50.6 Å². The van der Waals surface area contributed by atoms with Gasteiger partial charge in [0.15, 0.2) is 0 Å². The van der Waals surface area contributed by atoms with Crippen molar-refractivity contribution >= 4 is 17.6 Å². The van der Waals surface area contributed by atoms with Crippen LogP contribution >= 0.6 is 0 Å². The Kier molecular flexibility index (Phi) is 4.74. The van der Waals surface area contributed by atoms with Crippen molar-refractivity contribution in [1.29, 1.82) is 0 Å². The number of nitrogens with one attached hydrogen (secondary N) is 1. The molecule has 0 spiro atoms. The highest BCUT2D eigenvalue weighted by Gasteiger charge is 2.37. The normalized spacial score (nSPS) is 16.4. The van der Waals surface area contributed by atoms with Gasteiger partial charge in [0.05, 0.1) is 16.9 Å². The van der Waals surface area contributed by atoms with E-state index in [4.69, 9.17) is 5.11 Å². The second-order valence-electron chi connectivity index (χ2n) is 5.57. The fourth-order valence-electron chi connectivity index (χ4n) is 2.83. The lowest BCUT2D eigenvalue weighted by atomic mass is 9.93. The predicted molar refractivity (Wildman–Crippen MR) is 75.1 cm³/mol. The van der Waals surface area contributed by atoms with Gasteiger partial charge in [-0.15, -0.1) is 0 Å². The number of aryl methyl sites for hydroxylation is 1. The van der Waals surface area contributed by atoms with Gasteiger partial charge in [0, 0.05) is 13.0 Å². The molecule has 0 radical (unpaired) electrons. The maximum atomic E-state index is 12.0. The summed E-state index contributed by atoms with van der Waals surface area (Å²) in [6.07, 6.45) is 5.54. The average molecular weight is 310 g/mol. The van der Waals surface area contributed by atoms with Crippen LogP contribution in [0.5, 0.6) is 0 Å². The van der Waals surface area contributed by atoms with Crippen LogP contribution in [-0.4, -0.2) is 37.2 Å². The van der Waals surface area contributed by atoms with Gasteiger partial charge in [0.25, 0.3) is 0 Å². The maximum absolute atomic E-state index is 12.0. The van der Waals surface area contributed by atoms with Gasteiger partial charge in [-0.3, -0.25) is 24.4 Å². The molecule has 0 aliphatic heterocycles. The molecule has 9 nitrogen and oxygen atoms in total. The summed E-state index contributed by atoms with van der Waals surface area (Å²) in [5.74, 6) is -1.19. The molecule has 2 N–H and O–H groups in total.